The van der Waals surface area contributed by atoms with Gasteiger partial charge in [-0.2, -0.15) is 13.2 Å². The highest BCUT2D eigenvalue weighted by molar-refractivity contribution is 5.76. The van der Waals surface area contributed by atoms with Crippen molar-refractivity contribution < 1.29 is 18.0 Å². The predicted molar refractivity (Wildman–Crippen MR) is 70.7 cm³/mol. The predicted octanol–water partition coefficient (Wildman–Crippen LogP) is 2.32. The number of alkyl halides is 3. The summed E-state index contributed by atoms with van der Waals surface area (Å²) < 4.78 is 38.6. The number of nitrogens with zero attached hydrogens (tertiary/aromatic N) is 1. The molecule has 21 heavy (non-hydrogen) atoms. The minimum absolute atomic E-state index is 0.0627. The number of amides is 1. The first kappa shape index (κ1) is 15.6. The molecule has 1 amide bonds. The lowest BCUT2D eigenvalue weighted by Crippen LogP contribution is -2.39. The molecule has 0 spiro atoms. The Morgan fingerprint density at radius 1 is 1.24 bits per heavy atom. The first-order chi connectivity index (χ1) is 9.86. The largest absolute Gasteiger partial charge is 0.417 e. The summed E-state index contributed by atoms with van der Waals surface area (Å²) >= 11 is 0. The van der Waals surface area contributed by atoms with Gasteiger partial charge in [0.25, 0.3) is 5.56 Å². The molecule has 1 N–H and O–H groups in total. The third-order valence-corrected chi connectivity index (χ3v) is 3.60. The zero-order valence-corrected chi connectivity index (χ0v) is 11.4. The second-order valence-electron chi connectivity index (χ2n) is 5.28. The Bertz CT molecular complexity index is 560. The van der Waals surface area contributed by atoms with Crippen molar-refractivity contribution in [2.24, 2.45) is 0 Å². The van der Waals surface area contributed by atoms with Crippen LogP contribution >= 0.6 is 0 Å². The van der Waals surface area contributed by atoms with E-state index in [2.05, 4.69) is 5.32 Å². The van der Waals surface area contributed by atoms with Gasteiger partial charge in [-0.25, -0.2) is 0 Å². The summed E-state index contributed by atoms with van der Waals surface area (Å²) in [6.45, 7) is -0.390. The van der Waals surface area contributed by atoms with Crippen molar-refractivity contribution in [1.82, 2.24) is 9.88 Å². The second kappa shape index (κ2) is 6.32. The molecule has 0 atom stereocenters. The second-order valence-corrected chi connectivity index (χ2v) is 5.28. The molecule has 0 radical (unpaired) electrons. The molecule has 2 rings (SSSR count). The summed E-state index contributed by atoms with van der Waals surface area (Å²) in [5, 5.41) is 2.77. The number of halogens is 3. The van der Waals surface area contributed by atoms with Gasteiger partial charge < -0.3 is 9.88 Å². The lowest BCUT2D eigenvalue weighted by Gasteiger charge is -2.23. The minimum atomic E-state index is -4.53. The maximum absolute atomic E-state index is 12.6. The summed E-state index contributed by atoms with van der Waals surface area (Å²) in [5.74, 6) is -0.427. The van der Waals surface area contributed by atoms with Crippen molar-refractivity contribution in [3.05, 3.63) is 34.2 Å². The molecule has 0 aliphatic heterocycles. The number of hydrogen-bond acceptors (Lipinski definition) is 2. The molecule has 4 nitrogen and oxygen atoms in total. The molecule has 1 fully saturated rings. The Morgan fingerprint density at radius 2 is 1.90 bits per heavy atom. The zero-order chi connectivity index (χ0) is 15.5. The number of carbonyl (C=O) groups excluding carboxylic acids is 1. The molecular formula is C14H17F3N2O2. The van der Waals surface area contributed by atoms with Crippen LogP contribution in [-0.4, -0.2) is 16.5 Å². The summed E-state index contributed by atoms with van der Waals surface area (Å²) in [5.41, 5.74) is -1.56. The average molecular weight is 302 g/mol. The van der Waals surface area contributed by atoms with Gasteiger partial charge >= 0.3 is 6.18 Å². The van der Waals surface area contributed by atoms with Gasteiger partial charge in [-0.05, 0) is 18.9 Å². The van der Waals surface area contributed by atoms with Crippen LogP contribution in [0.2, 0.25) is 0 Å². The Balaban J connectivity index is 2.04. The van der Waals surface area contributed by atoms with Crippen molar-refractivity contribution >= 4 is 5.91 Å². The van der Waals surface area contributed by atoms with Crippen LogP contribution in [0.1, 0.15) is 37.7 Å². The molecule has 1 aromatic heterocycles. The molecule has 1 heterocycles. The van der Waals surface area contributed by atoms with Crippen molar-refractivity contribution in [2.45, 2.75) is 50.9 Å². The van der Waals surface area contributed by atoms with Gasteiger partial charge in [0.1, 0.15) is 6.54 Å². The molecule has 1 saturated carbocycles. The van der Waals surface area contributed by atoms with Crippen LogP contribution in [0.4, 0.5) is 13.2 Å². The molecule has 1 aliphatic carbocycles. The fourth-order valence-corrected chi connectivity index (χ4v) is 2.50. The van der Waals surface area contributed by atoms with Crippen LogP contribution in [0, 0.1) is 0 Å². The lowest BCUT2D eigenvalue weighted by molar-refractivity contribution is -0.138. The van der Waals surface area contributed by atoms with Crippen molar-refractivity contribution in [3.8, 4) is 0 Å². The van der Waals surface area contributed by atoms with Crippen LogP contribution in [0.5, 0.6) is 0 Å². The maximum Gasteiger partial charge on any atom is 0.417 e. The highest BCUT2D eigenvalue weighted by Crippen LogP contribution is 2.28. The standard InChI is InChI=1S/C14H17F3N2O2/c15-14(16,17)10-6-7-13(21)19(8-10)9-12(20)18-11-4-2-1-3-5-11/h6-8,11H,1-5,9H2,(H,18,20). The molecule has 0 aromatic carbocycles. The Morgan fingerprint density at radius 3 is 2.52 bits per heavy atom. The molecule has 1 aromatic rings. The van der Waals surface area contributed by atoms with Crippen molar-refractivity contribution in [3.63, 3.8) is 0 Å². The van der Waals surface area contributed by atoms with Crippen LogP contribution in [0.25, 0.3) is 0 Å². The fraction of sp³-hybridized carbons (Fsp3) is 0.571. The highest BCUT2D eigenvalue weighted by atomic mass is 19.4. The molecular weight excluding hydrogens is 285 g/mol. The van der Waals surface area contributed by atoms with E-state index in [0.29, 0.717) is 6.20 Å². The minimum Gasteiger partial charge on any atom is -0.352 e. The van der Waals surface area contributed by atoms with E-state index in [1.165, 1.54) is 0 Å². The van der Waals surface area contributed by atoms with E-state index < -0.39 is 23.2 Å². The van der Waals surface area contributed by atoms with Crippen LogP contribution in [-0.2, 0) is 17.5 Å². The summed E-state index contributed by atoms with van der Waals surface area (Å²) in [6, 6.07) is 1.61. The van der Waals surface area contributed by atoms with E-state index in [4.69, 9.17) is 0 Å². The molecule has 0 unspecified atom stereocenters. The van der Waals surface area contributed by atoms with Crippen LogP contribution in [0.3, 0.4) is 0 Å². The number of pyridine rings is 1. The topological polar surface area (TPSA) is 51.1 Å². The van der Waals surface area contributed by atoms with Crippen molar-refractivity contribution in [1.29, 1.82) is 0 Å². The van der Waals surface area contributed by atoms with Gasteiger partial charge in [0.05, 0.1) is 5.56 Å². The Kier molecular flexibility index (Phi) is 4.69. The monoisotopic (exact) mass is 302 g/mol. The van der Waals surface area contributed by atoms with Crippen LogP contribution in [0.15, 0.2) is 23.1 Å². The number of aromatic nitrogens is 1. The molecule has 116 valence electrons. The van der Waals surface area contributed by atoms with Gasteiger partial charge in [0.15, 0.2) is 0 Å². The van der Waals surface area contributed by atoms with Crippen LogP contribution < -0.4 is 10.9 Å². The number of nitrogens with one attached hydrogen (secondary N) is 1. The first-order valence-corrected chi connectivity index (χ1v) is 6.93. The third kappa shape index (κ3) is 4.34. The molecule has 1 aliphatic rings. The first-order valence-electron chi connectivity index (χ1n) is 6.93. The number of carbonyl (C=O) groups is 1. The quantitative estimate of drug-likeness (QED) is 0.931. The third-order valence-electron chi connectivity index (χ3n) is 3.60. The van der Waals surface area contributed by atoms with Gasteiger partial charge in [0.2, 0.25) is 5.91 Å². The fourth-order valence-electron chi connectivity index (χ4n) is 2.50. The lowest BCUT2D eigenvalue weighted by atomic mass is 9.95. The van der Waals surface area contributed by atoms with Gasteiger partial charge in [-0.1, -0.05) is 19.3 Å². The van der Waals surface area contributed by atoms with E-state index in [-0.39, 0.29) is 12.6 Å². The Hall–Kier alpha value is -1.79. The van der Waals surface area contributed by atoms with Gasteiger partial charge in [-0.15, -0.1) is 0 Å². The van der Waals surface area contributed by atoms with E-state index >= 15 is 0 Å². The number of hydrogen-bond donors (Lipinski definition) is 1. The molecule has 7 heteroatoms. The van der Waals surface area contributed by atoms with E-state index in [1.807, 2.05) is 0 Å². The van der Waals surface area contributed by atoms with E-state index in [9.17, 15) is 22.8 Å². The van der Waals surface area contributed by atoms with Gasteiger partial charge in [-0.3, -0.25) is 9.59 Å². The SMILES string of the molecule is O=C(Cn1cc(C(F)(F)F)ccc1=O)NC1CCCCC1. The van der Waals surface area contributed by atoms with E-state index in [1.54, 1.807) is 0 Å². The van der Waals surface area contributed by atoms with Crippen molar-refractivity contribution in [2.75, 3.05) is 0 Å². The zero-order valence-electron chi connectivity index (χ0n) is 11.4. The maximum atomic E-state index is 12.6. The number of rotatable bonds is 3. The highest BCUT2D eigenvalue weighted by Gasteiger charge is 2.31. The molecule has 0 bridgehead atoms. The summed E-state index contributed by atoms with van der Waals surface area (Å²) in [4.78, 5) is 23.4. The smallest absolute Gasteiger partial charge is 0.352 e. The normalized spacial score (nSPS) is 16.7. The molecule has 0 saturated heterocycles. The summed E-state index contributed by atoms with van der Waals surface area (Å²) in [6.07, 6.45) is 1.12. The van der Waals surface area contributed by atoms with Gasteiger partial charge in [0, 0.05) is 18.3 Å². The van der Waals surface area contributed by atoms with E-state index in [0.717, 1.165) is 48.8 Å². The summed E-state index contributed by atoms with van der Waals surface area (Å²) in [7, 11) is 0. The Labute approximate surface area is 120 Å². The average Bonchev–Trinajstić information content (AvgIpc) is 2.41.